The third-order valence-electron chi connectivity index (χ3n) is 4.36. The van der Waals surface area contributed by atoms with Gasteiger partial charge in [-0.15, -0.1) is 0 Å². The van der Waals surface area contributed by atoms with Crippen LogP contribution < -0.4 is 4.74 Å². The topological polar surface area (TPSA) is 48.4 Å². The molecule has 0 amide bonds. The van der Waals surface area contributed by atoms with Crippen molar-refractivity contribution in [3.05, 3.63) is 35.0 Å². The van der Waals surface area contributed by atoms with Crippen LogP contribution in [0.1, 0.15) is 37.7 Å². The second kappa shape index (κ2) is 7.18. The summed E-state index contributed by atoms with van der Waals surface area (Å²) in [6, 6.07) is 7.54. The predicted molar refractivity (Wildman–Crippen MR) is 89.7 cm³/mol. The zero-order chi connectivity index (χ0) is 16.2. The van der Waals surface area contributed by atoms with Crippen molar-refractivity contribution in [3.63, 3.8) is 0 Å². The Hall–Kier alpha value is -1.81. The minimum absolute atomic E-state index is 0.0419. The molecule has 122 valence electrons. The zero-order valence-corrected chi connectivity index (χ0v) is 13.9. The van der Waals surface area contributed by atoms with Crippen LogP contribution in [0.2, 0.25) is 5.15 Å². The Morgan fingerprint density at radius 3 is 2.78 bits per heavy atom. The highest BCUT2D eigenvalue weighted by molar-refractivity contribution is 6.30. The van der Waals surface area contributed by atoms with E-state index in [1.807, 2.05) is 24.3 Å². The van der Waals surface area contributed by atoms with Crippen molar-refractivity contribution in [1.82, 2.24) is 4.98 Å². The fraction of sp³-hybridized carbons (Fsp3) is 0.444. The lowest BCUT2D eigenvalue weighted by Gasteiger charge is -2.20. The van der Waals surface area contributed by atoms with E-state index in [1.54, 1.807) is 7.11 Å². The first kappa shape index (κ1) is 16.1. The summed E-state index contributed by atoms with van der Waals surface area (Å²) in [5.41, 5.74) is 1.49. The van der Waals surface area contributed by atoms with Crippen LogP contribution >= 0.6 is 11.6 Å². The summed E-state index contributed by atoms with van der Waals surface area (Å²) in [4.78, 5) is 16.5. The third-order valence-corrected chi connectivity index (χ3v) is 4.69. The summed E-state index contributed by atoms with van der Waals surface area (Å²) in [5, 5.41) is 1.31. The minimum Gasteiger partial charge on any atom is -0.497 e. The fourth-order valence-electron chi connectivity index (χ4n) is 3.00. The second-order valence-electron chi connectivity index (χ2n) is 5.94. The molecule has 1 aliphatic rings. The van der Waals surface area contributed by atoms with E-state index in [0.29, 0.717) is 5.15 Å². The van der Waals surface area contributed by atoms with Crippen molar-refractivity contribution in [2.75, 3.05) is 7.11 Å². The maximum atomic E-state index is 12.1. The molecule has 1 aromatic carbocycles. The molecule has 0 aliphatic heterocycles. The molecular weight excluding hydrogens is 314 g/mol. The SMILES string of the molecule is COc1ccc2cc(COC(=O)C3CCCCC3)c(Cl)nc2c1. The lowest BCUT2D eigenvalue weighted by molar-refractivity contribution is -0.151. The van der Waals surface area contributed by atoms with Crippen LogP contribution in [0, 0.1) is 5.92 Å². The van der Waals surface area contributed by atoms with Crippen LogP contribution in [0.4, 0.5) is 0 Å². The molecule has 2 aromatic rings. The van der Waals surface area contributed by atoms with Gasteiger partial charge in [0, 0.05) is 17.0 Å². The van der Waals surface area contributed by atoms with Crippen molar-refractivity contribution in [1.29, 1.82) is 0 Å². The van der Waals surface area contributed by atoms with Gasteiger partial charge in [-0.05, 0) is 31.0 Å². The van der Waals surface area contributed by atoms with Gasteiger partial charge in [0.25, 0.3) is 0 Å². The number of pyridine rings is 1. The van der Waals surface area contributed by atoms with E-state index in [2.05, 4.69) is 4.98 Å². The number of carbonyl (C=O) groups excluding carboxylic acids is 1. The summed E-state index contributed by atoms with van der Waals surface area (Å²) < 4.78 is 10.6. The normalized spacial score (nSPS) is 15.6. The molecule has 0 atom stereocenters. The molecule has 0 unspecified atom stereocenters. The molecule has 0 radical (unpaired) electrons. The van der Waals surface area contributed by atoms with Crippen molar-refractivity contribution in [2.24, 2.45) is 5.92 Å². The standard InChI is InChI=1S/C18H20ClNO3/c1-22-15-8-7-13-9-14(17(19)20-16(13)10-15)11-23-18(21)12-5-3-2-4-6-12/h7-10,12H,2-6,11H2,1H3. The molecule has 0 bridgehead atoms. The number of methoxy groups -OCH3 is 1. The molecule has 4 nitrogen and oxygen atoms in total. The smallest absolute Gasteiger partial charge is 0.309 e. The number of ether oxygens (including phenoxy) is 2. The van der Waals surface area contributed by atoms with E-state index in [1.165, 1.54) is 6.42 Å². The number of esters is 1. The number of hydrogen-bond donors (Lipinski definition) is 0. The molecule has 3 rings (SSSR count). The third kappa shape index (κ3) is 3.75. The van der Waals surface area contributed by atoms with Gasteiger partial charge in [-0.1, -0.05) is 30.9 Å². The summed E-state index contributed by atoms with van der Waals surface area (Å²) in [6.07, 6.45) is 5.30. The van der Waals surface area contributed by atoms with Crippen molar-refractivity contribution in [3.8, 4) is 5.75 Å². The maximum absolute atomic E-state index is 12.1. The van der Waals surface area contributed by atoms with E-state index >= 15 is 0 Å². The monoisotopic (exact) mass is 333 g/mol. The molecule has 1 aliphatic carbocycles. The lowest BCUT2D eigenvalue weighted by atomic mass is 9.89. The Bertz CT molecular complexity index is 711. The van der Waals surface area contributed by atoms with E-state index < -0.39 is 0 Å². The highest BCUT2D eigenvalue weighted by atomic mass is 35.5. The van der Waals surface area contributed by atoms with Crippen LogP contribution in [0.15, 0.2) is 24.3 Å². The molecular formula is C18H20ClNO3. The van der Waals surface area contributed by atoms with Gasteiger partial charge in [-0.3, -0.25) is 4.79 Å². The van der Waals surface area contributed by atoms with Gasteiger partial charge in [-0.25, -0.2) is 4.98 Å². The number of benzene rings is 1. The minimum atomic E-state index is -0.115. The predicted octanol–water partition coefficient (Wildman–Crippen LogP) is 4.52. The highest BCUT2D eigenvalue weighted by Gasteiger charge is 2.22. The average Bonchev–Trinajstić information content (AvgIpc) is 2.60. The van der Waals surface area contributed by atoms with Gasteiger partial charge in [-0.2, -0.15) is 0 Å². The lowest BCUT2D eigenvalue weighted by Crippen LogP contribution is -2.20. The zero-order valence-electron chi connectivity index (χ0n) is 13.2. The molecule has 1 aromatic heterocycles. The largest absolute Gasteiger partial charge is 0.497 e. The van der Waals surface area contributed by atoms with Gasteiger partial charge in [0.05, 0.1) is 18.5 Å². The number of carbonyl (C=O) groups is 1. The summed E-state index contributed by atoms with van der Waals surface area (Å²) in [6.45, 7) is 0.170. The molecule has 1 saturated carbocycles. The summed E-state index contributed by atoms with van der Waals surface area (Å²) in [5.74, 6) is 0.660. The Morgan fingerprint density at radius 2 is 2.04 bits per heavy atom. The highest BCUT2D eigenvalue weighted by Crippen LogP contribution is 2.27. The van der Waals surface area contributed by atoms with E-state index in [-0.39, 0.29) is 18.5 Å². The summed E-state index contributed by atoms with van der Waals surface area (Å²) in [7, 11) is 1.61. The molecule has 0 spiro atoms. The van der Waals surface area contributed by atoms with Gasteiger partial charge < -0.3 is 9.47 Å². The first-order valence-corrected chi connectivity index (χ1v) is 8.35. The van der Waals surface area contributed by atoms with Gasteiger partial charge >= 0.3 is 5.97 Å². The van der Waals surface area contributed by atoms with Crippen LogP contribution in [0.25, 0.3) is 10.9 Å². The number of hydrogen-bond acceptors (Lipinski definition) is 4. The first-order chi connectivity index (χ1) is 11.2. The Balaban J connectivity index is 1.72. The van der Waals surface area contributed by atoms with Crippen molar-refractivity contribution in [2.45, 2.75) is 38.7 Å². The molecule has 23 heavy (non-hydrogen) atoms. The Morgan fingerprint density at radius 1 is 1.26 bits per heavy atom. The second-order valence-corrected chi connectivity index (χ2v) is 6.30. The maximum Gasteiger partial charge on any atom is 0.309 e. The number of nitrogens with zero attached hydrogens (tertiary/aromatic N) is 1. The molecule has 0 saturated heterocycles. The van der Waals surface area contributed by atoms with Crippen LogP contribution in [0.5, 0.6) is 5.75 Å². The van der Waals surface area contributed by atoms with Crippen LogP contribution in [-0.4, -0.2) is 18.1 Å². The van der Waals surface area contributed by atoms with Crippen molar-refractivity contribution < 1.29 is 14.3 Å². The van der Waals surface area contributed by atoms with E-state index in [9.17, 15) is 4.79 Å². The Labute approximate surface area is 140 Å². The van der Waals surface area contributed by atoms with Gasteiger partial charge in [0.1, 0.15) is 17.5 Å². The van der Waals surface area contributed by atoms with Crippen LogP contribution in [-0.2, 0) is 16.1 Å². The molecule has 5 heteroatoms. The number of halogens is 1. The first-order valence-electron chi connectivity index (χ1n) is 7.97. The molecule has 1 fully saturated rings. The number of rotatable bonds is 4. The Kier molecular flexibility index (Phi) is 5.01. The quantitative estimate of drug-likeness (QED) is 0.609. The fourth-order valence-corrected chi connectivity index (χ4v) is 3.20. The number of fused-ring (bicyclic) bond motifs is 1. The van der Waals surface area contributed by atoms with Crippen molar-refractivity contribution >= 4 is 28.5 Å². The molecule has 0 N–H and O–H groups in total. The number of aromatic nitrogens is 1. The van der Waals surface area contributed by atoms with E-state index in [0.717, 1.165) is 47.9 Å². The van der Waals surface area contributed by atoms with Crippen LogP contribution in [0.3, 0.4) is 0 Å². The average molecular weight is 334 g/mol. The summed E-state index contributed by atoms with van der Waals surface area (Å²) >= 11 is 6.22. The van der Waals surface area contributed by atoms with Gasteiger partial charge in [0.2, 0.25) is 0 Å². The molecule has 1 heterocycles. The van der Waals surface area contributed by atoms with Gasteiger partial charge in [0.15, 0.2) is 0 Å². The van der Waals surface area contributed by atoms with E-state index in [4.69, 9.17) is 21.1 Å².